The highest BCUT2D eigenvalue weighted by atomic mass is 79.9. The molecule has 1 atom stereocenters. The number of carbonyl (C=O) groups is 2. The summed E-state index contributed by atoms with van der Waals surface area (Å²) < 4.78 is 0.980. The van der Waals surface area contributed by atoms with Gasteiger partial charge in [-0.25, -0.2) is 0 Å². The van der Waals surface area contributed by atoms with Crippen LogP contribution < -0.4 is 5.32 Å². The van der Waals surface area contributed by atoms with Crippen LogP contribution in [0.3, 0.4) is 0 Å². The molecule has 1 aromatic rings. The van der Waals surface area contributed by atoms with Gasteiger partial charge in [-0.05, 0) is 31.0 Å². The summed E-state index contributed by atoms with van der Waals surface area (Å²) in [4.78, 5) is 23.2. The fourth-order valence-electron chi connectivity index (χ4n) is 1.80. The molecule has 0 spiro atoms. The van der Waals surface area contributed by atoms with Crippen LogP contribution in [0.1, 0.15) is 12.5 Å². The highest BCUT2D eigenvalue weighted by Gasteiger charge is 2.31. The van der Waals surface area contributed by atoms with Gasteiger partial charge in [0.05, 0.1) is 10.3 Å². The molecule has 0 saturated carbocycles. The number of Topliss-reactive ketones (excluding diaryl/α,β-unsaturated/α-hetero) is 1. The zero-order valence-corrected chi connectivity index (χ0v) is 13.0. The predicted octanol–water partition coefficient (Wildman–Crippen LogP) is 2.55. The zero-order valence-electron chi connectivity index (χ0n) is 10.6. The van der Waals surface area contributed by atoms with E-state index >= 15 is 0 Å². The second-order valence-electron chi connectivity index (χ2n) is 4.30. The zero-order chi connectivity index (χ0) is 14.7. The van der Waals surface area contributed by atoms with Crippen LogP contribution in [0.2, 0.25) is 0 Å². The SMILES string of the molecule is CC(=O)/C(C#N)=C1\NC(=O)C(Cc2ccc(Br)cc2)S1. The maximum Gasteiger partial charge on any atom is 0.238 e. The van der Waals surface area contributed by atoms with E-state index in [-0.39, 0.29) is 22.5 Å². The van der Waals surface area contributed by atoms with Crippen LogP contribution in [0.5, 0.6) is 0 Å². The first-order chi connectivity index (χ1) is 9.51. The number of carbonyl (C=O) groups excluding carboxylic acids is 2. The lowest BCUT2D eigenvalue weighted by molar-refractivity contribution is -0.119. The quantitative estimate of drug-likeness (QED) is 0.671. The lowest BCUT2D eigenvalue weighted by Gasteiger charge is -2.05. The molecule has 1 aliphatic heterocycles. The molecule has 0 radical (unpaired) electrons. The van der Waals surface area contributed by atoms with Gasteiger partial charge in [0.1, 0.15) is 11.6 Å². The average molecular weight is 351 g/mol. The van der Waals surface area contributed by atoms with Crippen molar-refractivity contribution in [3.8, 4) is 6.07 Å². The van der Waals surface area contributed by atoms with E-state index in [0.717, 1.165) is 10.0 Å². The molecular weight excluding hydrogens is 340 g/mol. The van der Waals surface area contributed by atoms with E-state index in [9.17, 15) is 9.59 Å². The van der Waals surface area contributed by atoms with Crippen molar-refractivity contribution in [1.82, 2.24) is 5.32 Å². The van der Waals surface area contributed by atoms with Crippen LogP contribution in [-0.4, -0.2) is 16.9 Å². The number of rotatable bonds is 3. The molecule has 1 aliphatic rings. The molecule has 4 nitrogen and oxygen atoms in total. The van der Waals surface area contributed by atoms with Crippen molar-refractivity contribution >= 4 is 39.4 Å². The number of nitrogens with zero attached hydrogens (tertiary/aromatic N) is 1. The summed E-state index contributed by atoms with van der Waals surface area (Å²) >= 11 is 4.60. The van der Waals surface area contributed by atoms with Crippen molar-refractivity contribution in [2.24, 2.45) is 0 Å². The third-order valence-corrected chi connectivity index (χ3v) is 4.55. The van der Waals surface area contributed by atoms with Crippen molar-refractivity contribution < 1.29 is 9.59 Å². The third-order valence-electron chi connectivity index (χ3n) is 2.81. The molecule has 20 heavy (non-hydrogen) atoms. The van der Waals surface area contributed by atoms with E-state index in [1.54, 1.807) is 0 Å². The van der Waals surface area contributed by atoms with Crippen LogP contribution in [0.4, 0.5) is 0 Å². The largest absolute Gasteiger partial charge is 0.318 e. The number of nitriles is 1. The van der Waals surface area contributed by atoms with Crippen molar-refractivity contribution in [3.05, 3.63) is 44.9 Å². The molecule has 2 rings (SSSR count). The Kier molecular flexibility index (Phi) is 4.63. The Hall–Kier alpha value is -1.58. The molecule has 1 fully saturated rings. The molecule has 1 heterocycles. The number of nitrogens with one attached hydrogen (secondary N) is 1. The molecule has 1 unspecified atom stereocenters. The minimum absolute atomic E-state index is 0.0154. The van der Waals surface area contributed by atoms with E-state index < -0.39 is 0 Å². The highest BCUT2D eigenvalue weighted by molar-refractivity contribution is 9.10. The van der Waals surface area contributed by atoms with Gasteiger partial charge in [0.2, 0.25) is 5.91 Å². The number of allylic oxidation sites excluding steroid dienone is 1. The van der Waals surface area contributed by atoms with E-state index in [1.807, 2.05) is 30.3 Å². The van der Waals surface area contributed by atoms with Crippen LogP contribution in [0, 0.1) is 11.3 Å². The van der Waals surface area contributed by atoms with Gasteiger partial charge in [0, 0.05) is 4.47 Å². The lowest BCUT2D eigenvalue weighted by Crippen LogP contribution is -2.24. The maximum atomic E-state index is 11.9. The highest BCUT2D eigenvalue weighted by Crippen LogP contribution is 2.32. The Bertz CT molecular complexity index is 632. The van der Waals surface area contributed by atoms with E-state index in [0.29, 0.717) is 11.4 Å². The van der Waals surface area contributed by atoms with Gasteiger partial charge in [-0.3, -0.25) is 9.59 Å². The summed E-state index contributed by atoms with van der Waals surface area (Å²) in [5, 5.41) is 11.6. The first-order valence-electron chi connectivity index (χ1n) is 5.88. The van der Waals surface area contributed by atoms with E-state index in [2.05, 4.69) is 21.2 Å². The minimum Gasteiger partial charge on any atom is -0.318 e. The smallest absolute Gasteiger partial charge is 0.238 e. The summed E-state index contributed by atoms with van der Waals surface area (Å²) in [7, 11) is 0. The molecule has 102 valence electrons. The maximum absolute atomic E-state index is 11.9. The molecule has 1 amide bonds. The molecule has 6 heteroatoms. The Labute approximate surface area is 129 Å². The van der Waals surface area contributed by atoms with Gasteiger partial charge < -0.3 is 5.32 Å². The van der Waals surface area contributed by atoms with Crippen LogP contribution in [0.15, 0.2) is 39.3 Å². The number of thioether (sulfide) groups is 1. The Morgan fingerprint density at radius 2 is 2.10 bits per heavy atom. The first kappa shape index (κ1) is 14.8. The van der Waals surface area contributed by atoms with Crippen LogP contribution >= 0.6 is 27.7 Å². The number of hydrogen-bond acceptors (Lipinski definition) is 4. The standard InChI is InChI=1S/C14H11BrN2O2S/c1-8(18)11(7-16)14-17-13(19)12(20-14)6-9-2-4-10(15)5-3-9/h2-5,12H,6H2,1H3,(H,17,19)/b14-11+. The molecule has 0 aromatic heterocycles. The molecule has 0 bridgehead atoms. The normalized spacial score (nSPS) is 20.2. The monoisotopic (exact) mass is 350 g/mol. The summed E-state index contributed by atoms with van der Waals surface area (Å²) in [6.45, 7) is 1.32. The third kappa shape index (κ3) is 3.30. The number of benzene rings is 1. The minimum atomic E-state index is -0.334. The molecule has 0 aliphatic carbocycles. The Balaban J connectivity index is 2.16. The second-order valence-corrected chi connectivity index (χ2v) is 6.43. The van der Waals surface area contributed by atoms with Gasteiger partial charge in [-0.15, -0.1) is 0 Å². The first-order valence-corrected chi connectivity index (χ1v) is 7.56. The summed E-state index contributed by atoms with van der Waals surface area (Å²) in [6.07, 6.45) is 0.559. The van der Waals surface area contributed by atoms with Crippen molar-refractivity contribution in [1.29, 1.82) is 5.26 Å². The number of hydrogen-bond donors (Lipinski definition) is 1. The topological polar surface area (TPSA) is 70.0 Å². The van der Waals surface area contributed by atoms with Gasteiger partial charge in [-0.2, -0.15) is 5.26 Å². The Morgan fingerprint density at radius 3 is 2.65 bits per heavy atom. The summed E-state index contributed by atoms with van der Waals surface area (Å²) in [5.41, 5.74) is 1.05. The Morgan fingerprint density at radius 1 is 1.45 bits per heavy atom. The lowest BCUT2D eigenvalue weighted by atomic mass is 10.1. The predicted molar refractivity (Wildman–Crippen MR) is 80.7 cm³/mol. The van der Waals surface area contributed by atoms with Gasteiger partial charge in [0.25, 0.3) is 0 Å². The van der Waals surface area contributed by atoms with Crippen molar-refractivity contribution in [2.75, 3.05) is 0 Å². The molecular formula is C14H11BrN2O2S. The van der Waals surface area contributed by atoms with Crippen molar-refractivity contribution in [3.63, 3.8) is 0 Å². The van der Waals surface area contributed by atoms with Crippen LogP contribution in [-0.2, 0) is 16.0 Å². The summed E-state index contributed by atoms with van der Waals surface area (Å²) in [5.74, 6) is -0.499. The fourth-order valence-corrected chi connectivity index (χ4v) is 3.25. The van der Waals surface area contributed by atoms with E-state index in [4.69, 9.17) is 5.26 Å². The summed E-state index contributed by atoms with van der Waals surface area (Å²) in [6, 6.07) is 9.56. The van der Waals surface area contributed by atoms with Gasteiger partial charge in [-0.1, -0.05) is 39.8 Å². The molecule has 1 N–H and O–H groups in total. The van der Waals surface area contributed by atoms with Crippen molar-refractivity contribution in [2.45, 2.75) is 18.6 Å². The number of amides is 1. The number of ketones is 1. The van der Waals surface area contributed by atoms with Gasteiger partial charge in [0.15, 0.2) is 5.78 Å². The number of halogens is 1. The second kappa shape index (κ2) is 6.25. The van der Waals surface area contributed by atoms with Crippen LogP contribution in [0.25, 0.3) is 0 Å². The fraction of sp³-hybridized carbons (Fsp3) is 0.214. The molecule has 1 aromatic carbocycles. The van der Waals surface area contributed by atoms with Gasteiger partial charge >= 0.3 is 0 Å². The average Bonchev–Trinajstić information content (AvgIpc) is 2.74. The molecule has 1 saturated heterocycles. The van der Waals surface area contributed by atoms with E-state index in [1.165, 1.54) is 18.7 Å².